The van der Waals surface area contributed by atoms with Gasteiger partial charge in [0, 0.05) is 17.7 Å². The summed E-state index contributed by atoms with van der Waals surface area (Å²) in [5.41, 5.74) is 1.27. The highest BCUT2D eigenvalue weighted by atomic mass is 16.6. The number of hydrogen-bond acceptors (Lipinski definition) is 4. The maximum absolute atomic E-state index is 12.5. The van der Waals surface area contributed by atoms with Gasteiger partial charge in [-0.3, -0.25) is 14.9 Å². The van der Waals surface area contributed by atoms with E-state index in [1.807, 2.05) is 6.07 Å². The monoisotopic (exact) mass is 326 g/mol. The maximum Gasteiger partial charge on any atom is 0.311 e. The number of nitro groups is 1. The Hall–Kier alpha value is -2.89. The van der Waals surface area contributed by atoms with Crippen LogP contribution >= 0.6 is 0 Å². The zero-order valence-electron chi connectivity index (χ0n) is 13.3. The van der Waals surface area contributed by atoms with Crippen LogP contribution in [0.25, 0.3) is 0 Å². The number of ether oxygens (including phenoxy) is 1. The van der Waals surface area contributed by atoms with Gasteiger partial charge in [0.15, 0.2) is 5.75 Å². The first-order valence-corrected chi connectivity index (χ1v) is 7.81. The molecule has 2 aromatic carbocycles. The normalized spacial score (nSPS) is 14.7. The zero-order valence-corrected chi connectivity index (χ0v) is 13.3. The van der Waals surface area contributed by atoms with Crippen molar-refractivity contribution in [2.75, 3.05) is 0 Å². The predicted molar refractivity (Wildman–Crippen MR) is 88.8 cm³/mol. The van der Waals surface area contributed by atoms with Crippen molar-refractivity contribution in [2.24, 2.45) is 0 Å². The molecule has 2 aromatic rings. The quantitative estimate of drug-likeness (QED) is 0.652. The summed E-state index contributed by atoms with van der Waals surface area (Å²) < 4.78 is 5.78. The van der Waals surface area contributed by atoms with E-state index >= 15 is 0 Å². The molecule has 6 heteroatoms. The van der Waals surface area contributed by atoms with Crippen molar-refractivity contribution in [3.05, 3.63) is 69.8 Å². The Labute approximate surface area is 139 Å². The molecule has 0 unspecified atom stereocenters. The number of amides is 1. The first-order chi connectivity index (χ1) is 11.5. The van der Waals surface area contributed by atoms with Crippen LogP contribution in [0.3, 0.4) is 0 Å². The van der Waals surface area contributed by atoms with Gasteiger partial charge in [-0.2, -0.15) is 0 Å². The molecule has 1 N–H and O–H groups in total. The van der Waals surface area contributed by atoms with Crippen LogP contribution in [-0.2, 0) is 4.79 Å². The third kappa shape index (κ3) is 3.71. The predicted octanol–water partition coefficient (Wildman–Crippen LogP) is 3.30. The summed E-state index contributed by atoms with van der Waals surface area (Å²) in [6, 6.07) is 13.9. The van der Waals surface area contributed by atoms with Gasteiger partial charge in [-0.05, 0) is 31.4 Å². The van der Waals surface area contributed by atoms with Gasteiger partial charge in [-0.1, -0.05) is 36.4 Å². The van der Waals surface area contributed by atoms with Gasteiger partial charge < -0.3 is 10.1 Å². The number of nitrogens with zero attached hydrogens (tertiary/aromatic N) is 1. The van der Waals surface area contributed by atoms with Gasteiger partial charge >= 0.3 is 5.69 Å². The van der Waals surface area contributed by atoms with Crippen molar-refractivity contribution in [2.45, 2.75) is 31.9 Å². The van der Waals surface area contributed by atoms with E-state index in [2.05, 4.69) is 5.32 Å². The Kier molecular flexibility index (Phi) is 4.46. The van der Waals surface area contributed by atoms with Crippen LogP contribution in [-0.4, -0.2) is 16.9 Å². The molecule has 1 atom stereocenters. The van der Waals surface area contributed by atoms with Crippen LogP contribution in [0.4, 0.5) is 5.69 Å². The molecule has 1 aliphatic carbocycles. The summed E-state index contributed by atoms with van der Waals surface area (Å²) in [6.07, 6.45) is 0.990. The van der Waals surface area contributed by atoms with Gasteiger partial charge in [0.2, 0.25) is 6.10 Å². The molecule has 1 saturated carbocycles. The molecule has 1 fully saturated rings. The summed E-state index contributed by atoms with van der Waals surface area (Å²) in [6.45, 7) is 1.77. The number of nitro benzene ring substituents is 1. The summed E-state index contributed by atoms with van der Waals surface area (Å²) in [5, 5.41) is 14.2. The van der Waals surface area contributed by atoms with E-state index in [0.717, 1.165) is 18.4 Å². The van der Waals surface area contributed by atoms with Crippen LogP contribution in [0, 0.1) is 17.0 Å². The summed E-state index contributed by atoms with van der Waals surface area (Å²) >= 11 is 0. The van der Waals surface area contributed by atoms with E-state index in [-0.39, 0.29) is 23.4 Å². The van der Waals surface area contributed by atoms with Crippen molar-refractivity contribution in [1.29, 1.82) is 0 Å². The summed E-state index contributed by atoms with van der Waals surface area (Å²) in [5.74, 6) is -0.191. The molecule has 6 nitrogen and oxygen atoms in total. The molecule has 24 heavy (non-hydrogen) atoms. The van der Waals surface area contributed by atoms with Crippen molar-refractivity contribution in [3.8, 4) is 5.75 Å². The lowest BCUT2D eigenvalue weighted by Crippen LogP contribution is -2.34. The van der Waals surface area contributed by atoms with Crippen molar-refractivity contribution < 1.29 is 14.5 Å². The molecule has 0 saturated heterocycles. The van der Waals surface area contributed by atoms with Gasteiger partial charge in [0.05, 0.1) is 4.92 Å². The molecule has 0 aromatic heterocycles. The number of rotatable bonds is 6. The molecule has 0 radical (unpaired) electrons. The second-order valence-corrected chi connectivity index (χ2v) is 5.92. The third-order valence-corrected chi connectivity index (χ3v) is 3.82. The van der Waals surface area contributed by atoms with Gasteiger partial charge in [-0.25, -0.2) is 0 Å². The van der Waals surface area contributed by atoms with E-state index in [1.54, 1.807) is 37.3 Å². The fraction of sp³-hybridized carbons (Fsp3) is 0.278. The summed E-state index contributed by atoms with van der Waals surface area (Å²) in [4.78, 5) is 23.3. The standard InChI is InChI=1S/C18H18N2O4/c1-12-7-10-16(15(11-12)20(22)23)24-17(13-5-3-2-4-6-13)18(21)19-14-8-9-14/h2-7,10-11,14,17H,8-9H2,1H3,(H,19,21)/t17-/m0/s1. The average molecular weight is 326 g/mol. The Morgan fingerprint density at radius 2 is 1.96 bits per heavy atom. The lowest BCUT2D eigenvalue weighted by molar-refractivity contribution is -0.386. The van der Waals surface area contributed by atoms with Crippen LogP contribution in [0.5, 0.6) is 5.75 Å². The Morgan fingerprint density at radius 1 is 1.25 bits per heavy atom. The number of hydrogen-bond donors (Lipinski definition) is 1. The molecule has 1 aliphatic rings. The Balaban J connectivity index is 1.92. The molecule has 124 valence electrons. The van der Waals surface area contributed by atoms with E-state index in [9.17, 15) is 14.9 Å². The lowest BCUT2D eigenvalue weighted by atomic mass is 10.1. The van der Waals surface area contributed by atoms with E-state index in [4.69, 9.17) is 4.74 Å². The first kappa shape index (κ1) is 16.0. The van der Waals surface area contributed by atoms with Crippen molar-refractivity contribution >= 4 is 11.6 Å². The van der Waals surface area contributed by atoms with Crippen LogP contribution in [0.2, 0.25) is 0 Å². The van der Waals surface area contributed by atoms with Crippen molar-refractivity contribution in [3.63, 3.8) is 0 Å². The molecular weight excluding hydrogens is 308 g/mol. The van der Waals surface area contributed by atoms with Crippen molar-refractivity contribution in [1.82, 2.24) is 5.32 Å². The fourth-order valence-electron chi connectivity index (χ4n) is 2.40. The molecule has 0 bridgehead atoms. The Bertz CT molecular complexity index is 757. The highest BCUT2D eigenvalue weighted by molar-refractivity contribution is 5.83. The highest BCUT2D eigenvalue weighted by Crippen LogP contribution is 2.32. The lowest BCUT2D eigenvalue weighted by Gasteiger charge is -2.19. The SMILES string of the molecule is Cc1ccc(O[C@H](C(=O)NC2CC2)c2ccccc2)c([N+](=O)[O-])c1. The van der Waals surface area contributed by atoms with Gasteiger partial charge in [0.1, 0.15) is 0 Å². The minimum absolute atomic E-state index is 0.0883. The molecule has 3 rings (SSSR count). The van der Waals surface area contributed by atoms with Crippen LogP contribution < -0.4 is 10.1 Å². The highest BCUT2D eigenvalue weighted by Gasteiger charge is 2.31. The average Bonchev–Trinajstić information content (AvgIpc) is 3.38. The second-order valence-electron chi connectivity index (χ2n) is 5.92. The van der Waals surface area contributed by atoms with Crippen LogP contribution in [0.15, 0.2) is 48.5 Å². The fourth-order valence-corrected chi connectivity index (χ4v) is 2.40. The van der Waals surface area contributed by atoms with Gasteiger partial charge in [-0.15, -0.1) is 0 Å². The largest absolute Gasteiger partial charge is 0.469 e. The van der Waals surface area contributed by atoms with Gasteiger partial charge in [0.25, 0.3) is 5.91 Å². The molecular formula is C18H18N2O4. The number of aryl methyl sites for hydroxylation is 1. The third-order valence-electron chi connectivity index (χ3n) is 3.82. The molecule has 0 spiro atoms. The number of benzene rings is 2. The van der Waals surface area contributed by atoms with E-state index in [0.29, 0.717) is 5.56 Å². The first-order valence-electron chi connectivity index (χ1n) is 7.81. The second kappa shape index (κ2) is 6.70. The smallest absolute Gasteiger partial charge is 0.311 e. The Morgan fingerprint density at radius 3 is 2.58 bits per heavy atom. The number of carbonyl (C=O) groups excluding carboxylic acids is 1. The van der Waals surface area contributed by atoms with E-state index in [1.165, 1.54) is 12.1 Å². The van der Waals surface area contributed by atoms with E-state index < -0.39 is 11.0 Å². The molecule has 0 aliphatic heterocycles. The number of nitrogens with one attached hydrogen (secondary N) is 1. The minimum atomic E-state index is -0.923. The topological polar surface area (TPSA) is 81.5 Å². The molecule has 1 amide bonds. The molecule has 0 heterocycles. The van der Waals surface area contributed by atoms with Crippen LogP contribution in [0.1, 0.15) is 30.1 Å². The zero-order chi connectivity index (χ0) is 17.1. The summed E-state index contributed by atoms with van der Waals surface area (Å²) in [7, 11) is 0. The maximum atomic E-state index is 12.5. The number of carbonyl (C=O) groups is 1. The minimum Gasteiger partial charge on any atom is -0.469 e.